The molecule has 29 heavy (non-hydrogen) atoms. The number of hydrogen-bond acceptors (Lipinski definition) is 4. The highest BCUT2D eigenvalue weighted by Gasteiger charge is 2.47. The summed E-state index contributed by atoms with van der Waals surface area (Å²) in [4.78, 5) is 29.9. The minimum atomic E-state index is -5.09. The maximum absolute atomic E-state index is 13.4. The van der Waals surface area contributed by atoms with Crippen molar-refractivity contribution in [2.75, 3.05) is 13.2 Å². The van der Waals surface area contributed by atoms with Gasteiger partial charge in [0.2, 0.25) is 5.91 Å². The standard InChI is InChI=1S/C20H26F3N3O3/c21-20(22,23)19(28)26(13-16-7-4-12-29-16)17(14-8-10-24-11-9-14)18(27)25-15-5-2-1-3-6-15/h8-11,15-17H,1-7,12-13H2,(H,25,27)/t16-,17-/m1/s1. The topological polar surface area (TPSA) is 71.5 Å². The quantitative estimate of drug-likeness (QED) is 0.778. The van der Waals surface area contributed by atoms with Crippen molar-refractivity contribution in [3.8, 4) is 0 Å². The number of ether oxygens (including phenoxy) is 1. The lowest BCUT2D eigenvalue weighted by Gasteiger charge is -2.34. The lowest BCUT2D eigenvalue weighted by Crippen LogP contribution is -2.52. The smallest absolute Gasteiger partial charge is 0.376 e. The van der Waals surface area contributed by atoms with E-state index in [2.05, 4.69) is 10.3 Å². The van der Waals surface area contributed by atoms with E-state index in [9.17, 15) is 22.8 Å². The molecule has 2 heterocycles. The maximum atomic E-state index is 13.4. The summed E-state index contributed by atoms with van der Waals surface area (Å²) in [5, 5.41) is 2.87. The van der Waals surface area contributed by atoms with Gasteiger partial charge < -0.3 is 15.0 Å². The molecule has 2 aliphatic rings. The molecule has 1 aliphatic heterocycles. The third kappa shape index (κ3) is 5.68. The summed E-state index contributed by atoms with van der Waals surface area (Å²) in [6.45, 7) is 0.149. The number of halogens is 3. The predicted octanol–water partition coefficient (Wildman–Crippen LogP) is 3.14. The van der Waals surface area contributed by atoms with Crippen LogP contribution in [0.1, 0.15) is 56.6 Å². The molecule has 1 N–H and O–H groups in total. The molecule has 0 aromatic carbocycles. The number of carbonyl (C=O) groups excluding carboxylic acids is 2. The Morgan fingerprint density at radius 2 is 1.83 bits per heavy atom. The van der Waals surface area contributed by atoms with Gasteiger partial charge in [-0.25, -0.2) is 0 Å². The van der Waals surface area contributed by atoms with Gasteiger partial charge in [0.1, 0.15) is 6.04 Å². The Kier molecular flexibility index (Phi) is 7.10. The molecule has 160 valence electrons. The number of amides is 2. The van der Waals surface area contributed by atoms with Gasteiger partial charge in [-0.3, -0.25) is 14.6 Å². The minimum Gasteiger partial charge on any atom is -0.376 e. The van der Waals surface area contributed by atoms with Crippen molar-refractivity contribution in [2.45, 2.75) is 69.3 Å². The summed E-state index contributed by atoms with van der Waals surface area (Å²) in [7, 11) is 0. The monoisotopic (exact) mass is 413 g/mol. The number of rotatable bonds is 6. The number of carbonyl (C=O) groups is 2. The van der Waals surface area contributed by atoms with Crippen molar-refractivity contribution in [1.29, 1.82) is 0 Å². The highest BCUT2D eigenvalue weighted by molar-refractivity contribution is 5.91. The SMILES string of the molecule is O=C(NC1CCCCC1)[C@@H](c1ccncc1)N(C[C@H]1CCCO1)C(=O)C(F)(F)F. The molecule has 6 nitrogen and oxygen atoms in total. The first-order valence-corrected chi connectivity index (χ1v) is 10.1. The van der Waals surface area contributed by atoms with Gasteiger partial charge in [-0.15, -0.1) is 0 Å². The van der Waals surface area contributed by atoms with Crippen LogP contribution in [0, 0.1) is 0 Å². The average Bonchev–Trinajstić information content (AvgIpc) is 3.21. The second-order valence-corrected chi connectivity index (χ2v) is 7.62. The summed E-state index contributed by atoms with van der Waals surface area (Å²) in [5.74, 6) is -2.63. The predicted molar refractivity (Wildman–Crippen MR) is 98.7 cm³/mol. The number of nitrogens with zero attached hydrogens (tertiary/aromatic N) is 2. The van der Waals surface area contributed by atoms with E-state index < -0.39 is 30.1 Å². The third-order valence-corrected chi connectivity index (χ3v) is 5.46. The van der Waals surface area contributed by atoms with E-state index >= 15 is 0 Å². The normalized spacial score (nSPS) is 21.6. The molecule has 1 saturated heterocycles. The van der Waals surface area contributed by atoms with Gasteiger partial charge in [0, 0.05) is 31.6 Å². The fraction of sp³-hybridized carbons (Fsp3) is 0.650. The van der Waals surface area contributed by atoms with Crippen molar-refractivity contribution >= 4 is 11.8 Å². The molecule has 2 fully saturated rings. The lowest BCUT2D eigenvalue weighted by molar-refractivity contribution is -0.190. The lowest BCUT2D eigenvalue weighted by atomic mass is 9.94. The van der Waals surface area contributed by atoms with Crippen LogP contribution >= 0.6 is 0 Å². The van der Waals surface area contributed by atoms with Crippen molar-refractivity contribution in [3.05, 3.63) is 30.1 Å². The highest BCUT2D eigenvalue weighted by Crippen LogP contribution is 2.30. The molecule has 3 rings (SSSR count). The Hall–Kier alpha value is -2.16. The number of aromatic nitrogens is 1. The van der Waals surface area contributed by atoms with E-state index in [0.29, 0.717) is 29.9 Å². The molecule has 2 atom stereocenters. The Bertz CT molecular complexity index is 687. The van der Waals surface area contributed by atoms with E-state index in [1.54, 1.807) is 0 Å². The summed E-state index contributed by atoms with van der Waals surface area (Å²) in [6.07, 6.45) is 3.04. The summed E-state index contributed by atoms with van der Waals surface area (Å²) in [6, 6.07) is 1.46. The summed E-state index contributed by atoms with van der Waals surface area (Å²) < 4.78 is 45.6. The van der Waals surface area contributed by atoms with E-state index in [1.165, 1.54) is 24.5 Å². The van der Waals surface area contributed by atoms with Gasteiger partial charge in [0.05, 0.1) is 6.10 Å². The van der Waals surface area contributed by atoms with Crippen LogP contribution in [0.2, 0.25) is 0 Å². The maximum Gasteiger partial charge on any atom is 0.471 e. The molecular weight excluding hydrogens is 387 g/mol. The molecule has 1 aromatic heterocycles. The first-order chi connectivity index (χ1) is 13.9. The van der Waals surface area contributed by atoms with Crippen LogP contribution in [0.3, 0.4) is 0 Å². The zero-order valence-corrected chi connectivity index (χ0v) is 16.2. The average molecular weight is 413 g/mol. The van der Waals surface area contributed by atoms with Gasteiger partial charge >= 0.3 is 12.1 Å². The summed E-state index contributed by atoms with van der Waals surface area (Å²) in [5.41, 5.74) is 0.295. The van der Waals surface area contributed by atoms with Crippen molar-refractivity contribution in [2.24, 2.45) is 0 Å². The second-order valence-electron chi connectivity index (χ2n) is 7.62. The Morgan fingerprint density at radius 3 is 2.41 bits per heavy atom. The van der Waals surface area contributed by atoms with Crippen molar-refractivity contribution in [1.82, 2.24) is 15.2 Å². The van der Waals surface area contributed by atoms with Crippen molar-refractivity contribution < 1.29 is 27.5 Å². The molecule has 2 amide bonds. The first-order valence-electron chi connectivity index (χ1n) is 10.1. The van der Waals surface area contributed by atoms with Crippen molar-refractivity contribution in [3.63, 3.8) is 0 Å². The number of nitrogens with one attached hydrogen (secondary N) is 1. The van der Waals surface area contributed by atoms with E-state index in [0.717, 1.165) is 32.1 Å². The second kappa shape index (κ2) is 9.56. The van der Waals surface area contributed by atoms with E-state index in [-0.39, 0.29) is 12.6 Å². The fourth-order valence-corrected chi connectivity index (χ4v) is 4.02. The molecular formula is C20H26F3N3O3. The fourth-order valence-electron chi connectivity index (χ4n) is 4.02. The molecule has 0 radical (unpaired) electrons. The van der Waals surface area contributed by atoms with Crippen LogP contribution in [-0.2, 0) is 14.3 Å². The molecule has 0 spiro atoms. The molecule has 1 aromatic rings. The molecule has 9 heteroatoms. The van der Waals surface area contributed by atoms with E-state index in [1.807, 2.05) is 0 Å². The first kappa shape index (κ1) is 21.5. The van der Waals surface area contributed by atoms with Gasteiger partial charge in [0.25, 0.3) is 0 Å². The molecule has 1 aliphatic carbocycles. The Morgan fingerprint density at radius 1 is 1.14 bits per heavy atom. The van der Waals surface area contributed by atoms with Crippen LogP contribution in [0.4, 0.5) is 13.2 Å². The van der Waals surface area contributed by atoms with Crippen LogP contribution in [0.15, 0.2) is 24.5 Å². The van der Waals surface area contributed by atoms with Gasteiger partial charge in [-0.2, -0.15) is 13.2 Å². The zero-order valence-electron chi connectivity index (χ0n) is 16.2. The van der Waals surface area contributed by atoms with Crippen LogP contribution < -0.4 is 5.32 Å². The number of pyridine rings is 1. The van der Waals surface area contributed by atoms with Crippen LogP contribution in [0.25, 0.3) is 0 Å². The van der Waals surface area contributed by atoms with Gasteiger partial charge in [-0.05, 0) is 43.4 Å². The number of hydrogen-bond donors (Lipinski definition) is 1. The minimum absolute atomic E-state index is 0.0915. The largest absolute Gasteiger partial charge is 0.471 e. The van der Waals surface area contributed by atoms with Gasteiger partial charge in [-0.1, -0.05) is 19.3 Å². The number of alkyl halides is 3. The Labute approximate surface area is 167 Å². The third-order valence-electron chi connectivity index (χ3n) is 5.46. The van der Waals surface area contributed by atoms with Gasteiger partial charge in [0.15, 0.2) is 0 Å². The Balaban J connectivity index is 1.90. The highest BCUT2D eigenvalue weighted by atomic mass is 19.4. The zero-order chi connectivity index (χ0) is 20.9. The van der Waals surface area contributed by atoms with Crippen LogP contribution in [-0.4, -0.2) is 53.2 Å². The molecule has 0 unspecified atom stereocenters. The van der Waals surface area contributed by atoms with Crippen LogP contribution in [0.5, 0.6) is 0 Å². The summed E-state index contributed by atoms with van der Waals surface area (Å²) >= 11 is 0. The molecule has 0 bridgehead atoms. The molecule has 1 saturated carbocycles. The van der Waals surface area contributed by atoms with E-state index in [4.69, 9.17) is 4.74 Å².